The van der Waals surface area contributed by atoms with Crippen LogP contribution in [-0.2, 0) is 7.05 Å². The predicted molar refractivity (Wildman–Crippen MR) is 169 cm³/mol. The number of hydrogen-bond donors (Lipinski definition) is 1. The minimum atomic E-state index is -0.905. The standard InChI is InChI=1S/C24H20ClF2N3OS.C7H4Cl2O/c1-3-10-32-29-20-9-8-19(26)21(22(20)27)23(31)18-13-30(2)24-17(18)11-15(12-28-24)14-4-6-16(25)7-5-14;8-6-2-1-3-7(9)5(6)4-10/h4-9,11-13,29H,3,10H2,1-2H3;1-4H. The lowest BCUT2D eigenvalue weighted by atomic mass is 10.00. The van der Waals surface area contributed by atoms with Crippen LogP contribution in [-0.4, -0.2) is 27.4 Å². The van der Waals surface area contributed by atoms with E-state index in [1.165, 1.54) is 18.0 Å². The molecule has 0 saturated heterocycles. The van der Waals surface area contributed by atoms with Crippen LogP contribution in [0, 0.1) is 11.6 Å². The fourth-order valence-corrected chi connectivity index (χ4v) is 5.30. The van der Waals surface area contributed by atoms with E-state index in [1.807, 2.05) is 19.1 Å². The zero-order valence-electron chi connectivity index (χ0n) is 22.4. The van der Waals surface area contributed by atoms with Crippen molar-refractivity contribution in [2.24, 2.45) is 7.05 Å². The molecule has 216 valence electrons. The number of aldehydes is 1. The average molecular weight is 647 g/mol. The monoisotopic (exact) mass is 645 g/mol. The van der Waals surface area contributed by atoms with Crippen molar-refractivity contribution in [3.63, 3.8) is 0 Å². The summed E-state index contributed by atoms with van der Waals surface area (Å²) in [7, 11) is 1.74. The van der Waals surface area contributed by atoms with Gasteiger partial charge in [0, 0.05) is 46.7 Å². The number of fused-ring (bicyclic) bond motifs is 1. The van der Waals surface area contributed by atoms with Gasteiger partial charge in [0.25, 0.3) is 0 Å². The SMILES string of the molecule is CCCSNc1ccc(F)c(C(=O)c2cn(C)c3ncc(-c4ccc(Cl)cc4)cc23)c1F.O=Cc1c(Cl)cccc1Cl. The quantitative estimate of drug-likeness (QED) is 0.0787. The fourth-order valence-electron chi connectivity index (χ4n) is 4.07. The second-order valence-corrected chi connectivity index (χ2v) is 11.2. The van der Waals surface area contributed by atoms with Crippen molar-refractivity contribution in [3.8, 4) is 11.1 Å². The van der Waals surface area contributed by atoms with E-state index < -0.39 is 23.0 Å². The first-order valence-electron chi connectivity index (χ1n) is 12.7. The van der Waals surface area contributed by atoms with E-state index in [2.05, 4.69) is 9.71 Å². The molecule has 0 bridgehead atoms. The molecule has 3 aromatic carbocycles. The number of benzene rings is 3. The van der Waals surface area contributed by atoms with E-state index in [9.17, 15) is 14.0 Å². The molecule has 0 atom stereocenters. The molecule has 5 aromatic rings. The van der Waals surface area contributed by atoms with E-state index in [1.54, 1.807) is 60.4 Å². The highest BCUT2D eigenvalue weighted by molar-refractivity contribution is 8.00. The number of carbonyl (C=O) groups is 2. The van der Waals surface area contributed by atoms with Crippen LogP contribution in [0.5, 0.6) is 0 Å². The van der Waals surface area contributed by atoms with Gasteiger partial charge in [0.05, 0.1) is 26.9 Å². The van der Waals surface area contributed by atoms with Crippen LogP contribution in [0.4, 0.5) is 14.5 Å². The van der Waals surface area contributed by atoms with Crippen molar-refractivity contribution in [2.75, 3.05) is 10.5 Å². The first-order valence-corrected chi connectivity index (χ1v) is 14.8. The number of ketones is 1. The number of hydrogen-bond acceptors (Lipinski definition) is 5. The van der Waals surface area contributed by atoms with Crippen LogP contribution in [0.1, 0.15) is 39.6 Å². The third-order valence-electron chi connectivity index (χ3n) is 6.16. The first-order chi connectivity index (χ1) is 20.2. The molecule has 11 heteroatoms. The highest BCUT2D eigenvalue weighted by atomic mass is 35.5. The third-order valence-corrected chi connectivity index (χ3v) is 8.05. The molecule has 0 fully saturated rings. The molecule has 0 aliphatic rings. The van der Waals surface area contributed by atoms with Crippen LogP contribution in [0.3, 0.4) is 0 Å². The van der Waals surface area contributed by atoms with Crippen molar-refractivity contribution < 1.29 is 18.4 Å². The molecule has 0 radical (unpaired) electrons. The number of anilines is 1. The molecule has 0 aliphatic heterocycles. The van der Waals surface area contributed by atoms with Gasteiger partial charge in [-0.05, 0) is 54.4 Å². The van der Waals surface area contributed by atoms with Crippen LogP contribution in [0.2, 0.25) is 15.1 Å². The van der Waals surface area contributed by atoms with Gasteiger partial charge in [0.1, 0.15) is 11.5 Å². The lowest BCUT2D eigenvalue weighted by Crippen LogP contribution is -2.09. The Bertz CT molecular complexity index is 1740. The van der Waals surface area contributed by atoms with E-state index in [0.29, 0.717) is 38.0 Å². The van der Waals surface area contributed by atoms with Gasteiger partial charge < -0.3 is 9.29 Å². The second kappa shape index (κ2) is 14.2. The number of halogens is 5. The molecular weight excluding hydrogens is 623 g/mol. The maximum Gasteiger partial charge on any atom is 0.201 e. The van der Waals surface area contributed by atoms with Crippen molar-refractivity contribution in [1.29, 1.82) is 0 Å². The number of aryl methyl sites for hydroxylation is 1. The summed E-state index contributed by atoms with van der Waals surface area (Å²) in [5.41, 5.74) is 2.20. The Morgan fingerprint density at radius 2 is 1.71 bits per heavy atom. The van der Waals surface area contributed by atoms with Gasteiger partial charge in [-0.2, -0.15) is 0 Å². The van der Waals surface area contributed by atoms with Gasteiger partial charge in [-0.25, -0.2) is 13.8 Å². The van der Waals surface area contributed by atoms with Gasteiger partial charge >= 0.3 is 0 Å². The smallest absolute Gasteiger partial charge is 0.201 e. The van der Waals surface area contributed by atoms with Crippen LogP contribution >= 0.6 is 46.8 Å². The molecule has 0 unspecified atom stereocenters. The third kappa shape index (κ3) is 6.95. The van der Waals surface area contributed by atoms with E-state index in [0.717, 1.165) is 29.4 Å². The Morgan fingerprint density at radius 3 is 2.33 bits per heavy atom. The highest BCUT2D eigenvalue weighted by Crippen LogP contribution is 2.31. The number of rotatable bonds is 8. The van der Waals surface area contributed by atoms with Crippen LogP contribution in [0.25, 0.3) is 22.2 Å². The minimum absolute atomic E-state index is 0.0772. The molecule has 2 heterocycles. The molecule has 0 amide bonds. The van der Waals surface area contributed by atoms with Gasteiger partial charge in [-0.3, -0.25) is 9.59 Å². The van der Waals surface area contributed by atoms with Gasteiger partial charge in [-0.1, -0.05) is 71.9 Å². The maximum absolute atomic E-state index is 15.1. The number of nitrogens with one attached hydrogen (secondary N) is 1. The lowest BCUT2D eigenvalue weighted by Gasteiger charge is -2.10. The highest BCUT2D eigenvalue weighted by Gasteiger charge is 2.25. The molecule has 0 aliphatic carbocycles. The van der Waals surface area contributed by atoms with Gasteiger partial charge in [0.15, 0.2) is 12.1 Å². The van der Waals surface area contributed by atoms with Crippen molar-refractivity contribution in [1.82, 2.24) is 9.55 Å². The lowest BCUT2D eigenvalue weighted by molar-refractivity contribution is 0.103. The molecule has 5 nitrogen and oxygen atoms in total. The van der Waals surface area contributed by atoms with Crippen LogP contribution in [0.15, 0.2) is 73.1 Å². The van der Waals surface area contributed by atoms with E-state index in [4.69, 9.17) is 34.8 Å². The second-order valence-electron chi connectivity index (χ2n) is 9.07. The van der Waals surface area contributed by atoms with Crippen molar-refractivity contribution >= 4 is 75.5 Å². The topological polar surface area (TPSA) is 64.0 Å². The summed E-state index contributed by atoms with van der Waals surface area (Å²) < 4.78 is 34.3. The van der Waals surface area contributed by atoms with Gasteiger partial charge in [-0.15, -0.1) is 0 Å². The normalized spacial score (nSPS) is 10.7. The summed E-state index contributed by atoms with van der Waals surface area (Å²) in [4.78, 5) is 28.1. The number of nitrogens with zero attached hydrogens (tertiary/aromatic N) is 2. The average Bonchev–Trinajstić information content (AvgIpc) is 3.31. The molecule has 42 heavy (non-hydrogen) atoms. The van der Waals surface area contributed by atoms with Gasteiger partial charge in [0.2, 0.25) is 5.78 Å². The van der Waals surface area contributed by atoms with Crippen molar-refractivity contribution in [3.05, 3.63) is 116 Å². The summed E-state index contributed by atoms with van der Waals surface area (Å²) in [6.45, 7) is 2.00. The molecule has 0 saturated carbocycles. The Hall–Kier alpha value is -3.43. The largest absolute Gasteiger partial charge is 0.335 e. The summed E-state index contributed by atoms with van der Waals surface area (Å²) in [5, 5.41) is 1.90. The zero-order chi connectivity index (χ0) is 30.4. The van der Waals surface area contributed by atoms with Crippen LogP contribution < -0.4 is 4.72 Å². The Morgan fingerprint density at radius 1 is 1.02 bits per heavy atom. The van der Waals surface area contributed by atoms with E-state index >= 15 is 4.39 Å². The fraction of sp³-hybridized carbons (Fsp3) is 0.129. The predicted octanol–water partition coefficient (Wildman–Crippen LogP) is 9.68. The number of carbonyl (C=O) groups excluding carboxylic acids is 2. The maximum atomic E-state index is 15.1. The Balaban J connectivity index is 0.000000343. The first kappa shape index (κ1) is 31.5. The molecular formula is C31H24Cl3F2N3O2S. The Kier molecular flexibility index (Phi) is 10.6. The van der Waals surface area contributed by atoms with Crippen molar-refractivity contribution in [2.45, 2.75) is 13.3 Å². The molecule has 0 spiro atoms. The summed E-state index contributed by atoms with van der Waals surface area (Å²) in [5.74, 6) is -1.79. The summed E-state index contributed by atoms with van der Waals surface area (Å²) in [6.07, 6.45) is 4.78. The summed E-state index contributed by atoms with van der Waals surface area (Å²) >= 11 is 18.5. The zero-order valence-corrected chi connectivity index (χ0v) is 25.5. The number of aromatic nitrogens is 2. The molecule has 1 N–H and O–H groups in total. The molecule has 2 aromatic heterocycles. The van der Waals surface area contributed by atoms with E-state index in [-0.39, 0.29) is 11.3 Å². The number of pyridine rings is 1. The Labute approximate surface area is 260 Å². The molecule has 5 rings (SSSR count). The minimum Gasteiger partial charge on any atom is -0.335 e. The summed E-state index contributed by atoms with van der Waals surface area (Å²) in [6, 6.07) is 16.4.